The lowest BCUT2D eigenvalue weighted by Crippen LogP contribution is -2.40. The van der Waals surface area contributed by atoms with E-state index in [1.54, 1.807) is 12.1 Å². The Morgan fingerprint density at radius 1 is 1.52 bits per heavy atom. The molecule has 0 spiro atoms. The molecule has 6 heteroatoms. The number of aliphatic imine (C=N–C) groups is 1. The number of aliphatic hydroxyl groups excluding tert-OH is 1. The van der Waals surface area contributed by atoms with Crippen LogP contribution in [0.1, 0.15) is 18.9 Å². The van der Waals surface area contributed by atoms with E-state index in [4.69, 9.17) is 0 Å². The smallest absolute Gasteiger partial charge is 0.194 e. The average Bonchev–Trinajstić information content (AvgIpc) is 2.84. The van der Waals surface area contributed by atoms with Gasteiger partial charge in [-0.05, 0) is 37.5 Å². The van der Waals surface area contributed by atoms with Crippen molar-refractivity contribution in [2.75, 3.05) is 26.2 Å². The van der Waals surface area contributed by atoms with Crippen molar-refractivity contribution in [3.05, 3.63) is 35.6 Å². The minimum absolute atomic E-state index is 0. The van der Waals surface area contributed by atoms with Crippen LogP contribution in [0, 0.1) is 5.82 Å². The molecule has 21 heavy (non-hydrogen) atoms. The van der Waals surface area contributed by atoms with Crippen molar-refractivity contribution in [2.24, 2.45) is 4.99 Å². The van der Waals surface area contributed by atoms with E-state index in [2.05, 4.69) is 15.2 Å². The summed E-state index contributed by atoms with van der Waals surface area (Å²) in [5, 5.41) is 12.8. The topological polar surface area (TPSA) is 47.9 Å². The number of guanidine groups is 1. The zero-order valence-corrected chi connectivity index (χ0v) is 14.6. The average molecular weight is 407 g/mol. The first-order chi connectivity index (χ1) is 9.69. The van der Waals surface area contributed by atoms with Crippen molar-refractivity contribution in [3.63, 3.8) is 0 Å². The second-order valence-electron chi connectivity index (χ2n) is 5.00. The highest BCUT2D eigenvalue weighted by Crippen LogP contribution is 2.09. The van der Waals surface area contributed by atoms with Crippen LogP contribution in [0.15, 0.2) is 29.3 Å². The van der Waals surface area contributed by atoms with Gasteiger partial charge in [0.1, 0.15) is 5.82 Å². The molecule has 0 radical (unpaired) electrons. The lowest BCUT2D eigenvalue weighted by atomic mass is 10.1. The maximum atomic E-state index is 13.1. The van der Waals surface area contributed by atoms with E-state index in [-0.39, 0.29) is 35.9 Å². The van der Waals surface area contributed by atoms with E-state index in [1.807, 2.05) is 13.0 Å². The van der Waals surface area contributed by atoms with Crippen LogP contribution in [0.2, 0.25) is 0 Å². The summed E-state index contributed by atoms with van der Waals surface area (Å²) in [5.74, 6) is 0.626. The minimum Gasteiger partial charge on any atom is -0.391 e. The van der Waals surface area contributed by atoms with Gasteiger partial charge in [-0.2, -0.15) is 0 Å². The quantitative estimate of drug-likeness (QED) is 0.456. The third-order valence-corrected chi connectivity index (χ3v) is 3.35. The molecule has 1 aliphatic heterocycles. The molecular formula is C15H23FIN3O. The van der Waals surface area contributed by atoms with Crippen LogP contribution in [0.3, 0.4) is 0 Å². The van der Waals surface area contributed by atoms with Gasteiger partial charge in [0.2, 0.25) is 0 Å². The summed E-state index contributed by atoms with van der Waals surface area (Å²) < 4.78 is 13.1. The molecule has 1 saturated heterocycles. The molecule has 1 aromatic carbocycles. The van der Waals surface area contributed by atoms with Gasteiger partial charge in [-0.15, -0.1) is 24.0 Å². The SMILES string of the molecule is CCNC(=NCCc1cccc(F)c1)N1CC[C@@H](O)C1.I. The molecule has 1 heterocycles. The van der Waals surface area contributed by atoms with Crippen LogP contribution in [0.4, 0.5) is 4.39 Å². The van der Waals surface area contributed by atoms with E-state index in [1.165, 1.54) is 6.07 Å². The van der Waals surface area contributed by atoms with Crippen LogP contribution < -0.4 is 5.32 Å². The molecule has 0 saturated carbocycles. The van der Waals surface area contributed by atoms with Crippen LogP contribution in [0.5, 0.6) is 0 Å². The van der Waals surface area contributed by atoms with Crippen LogP contribution in [-0.2, 0) is 6.42 Å². The van der Waals surface area contributed by atoms with E-state index in [9.17, 15) is 9.50 Å². The molecule has 0 aromatic heterocycles. The molecule has 0 bridgehead atoms. The fourth-order valence-corrected chi connectivity index (χ4v) is 2.34. The highest BCUT2D eigenvalue weighted by molar-refractivity contribution is 14.0. The highest BCUT2D eigenvalue weighted by Gasteiger charge is 2.22. The number of rotatable bonds is 4. The summed E-state index contributed by atoms with van der Waals surface area (Å²) in [6.07, 6.45) is 1.24. The van der Waals surface area contributed by atoms with Gasteiger partial charge < -0.3 is 15.3 Å². The maximum absolute atomic E-state index is 13.1. The molecule has 0 aliphatic carbocycles. The number of hydrogen-bond acceptors (Lipinski definition) is 2. The van der Waals surface area contributed by atoms with Gasteiger partial charge in [-0.3, -0.25) is 4.99 Å². The van der Waals surface area contributed by atoms with Crippen LogP contribution in [0.25, 0.3) is 0 Å². The van der Waals surface area contributed by atoms with Gasteiger partial charge in [-0.1, -0.05) is 12.1 Å². The van der Waals surface area contributed by atoms with Gasteiger partial charge in [0.05, 0.1) is 6.10 Å². The van der Waals surface area contributed by atoms with Gasteiger partial charge in [-0.25, -0.2) is 4.39 Å². The Morgan fingerprint density at radius 2 is 2.33 bits per heavy atom. The third-order valence-electron chi connectivity index (χ3n) is 3.35. The lowest BCUT2D eigenvalue weighted by molar-refractivity contribution is 0.188. The molecule has 0 amide bonds. The highest BCUT2D eigenvalue weighted by atomic mass is 127. The molecule has 1 atom stereocenters. The zero-order valence-electron chi connectivity index (χ0n) is 12.3. The lowest BCUT2D eigenvalue weighted by Gasteiger charge is -2.20. The molecule has 4 nitrogen and oxygen atoms in total. The van der Waals surface area contributed by atoms with Crippen molar-refractivity contribution < 1.29 is 9.50 Å². The third kappa shape index (κ3) is 5.78. The Morgan fingerprint density at radius 3 is 2.95 bits per heavy atom. The summed E-state index contributed by atoms with van der Waals surface area (Å²) in [6, 6.07) is 6.62. The number of halogens is 2. The van der Waals surface area contributed by atoms with Gasteiger partial charge in [0.15, 0.2) is 5.96 Å². The Kier molecular flexibility index (Phi) is 7.95. The molecule has 2 N–H and O–H groups in total. The number of aliphatic hydroxyl groups is 1. The number of nitrogens with one attached hydrogen (secondary N) is 1. The van der Waals surface area contributed by atoms with E-state index in [0.29, 0.717) is 19.5 Å². The number of hydrogen-bond donors (Lipinski definition) is 2. The summed E-state index contributed by atoms with van der Waals surface area (Å²) in [7, 11) is 0. The summed E-state index contributed by atoms with van der Waals surface area (Å²) in [4.78, 5) is 6.62. The Bertz CT molecular complexity index is 470. The van der Waals surface area contributed by atoms with E-state index < -0.39 is 0 Å². The fraction of sp³-hybridized carbons (Fsp3) is 0.533. The van der Waals surface area contributed by atoms with E-state index >= 15 is 0 Å². The van der Waals surface area contributed by atoms with Crippen molar-refractivity contribution in [3.8, 4) is 0 Å². The standard InChI is InChI=1S/C15H22FN3O.HI/c1-2-17-15(19-9-7-14(20)11-19)18-8-6-12-4-3-5-13(16)10-12;/h3-5,10,14,20H,2,6-9,11H2,1H3,(H,17,18);1H/t14-;/m1./s1. The predicted molar refractivity (Wildman–Crippen MR) is 93.7 cm³/mol. The zero-order chi connectivity index (χ0) is 14.4. The van der Waals surface area contributed by atoms with Gasteiger partial charge in [0.25, 0.3) is 0 Å². The Balaban J connectivity index is 0.00000220. The summed E-state index contributed by atoms with van der Waals surface area (Å²) >= 11 is 0. The van der Waals surface area contributed by atoms with E-state index in [0.717, 1.165) is 31.0 Å². The summed E-state index contributed by atoms with van der Waals surface area (Å²) in [5.41, 5.74) is 0.950. The minimum atomic E-state index is -0.262. The normalized spacial score (nSPS) is 18.5. The Labute approximate surface area is 142 Å². The molecule has 1 fully saturated rings. The molecular weight excluding hydrogens is 384 g/mol. The molecule has 0 unspecified atom stereocenters. The fourth-order valence-electron chi connectivity index (χ4n) is 2.34. The largest absolute Gasteiger partial charge is 0.391 e. The number of β-amino-alcohol motifs (C(OH)–C–C–N with tert-alkyl or cyclic N) is 1. The second kappa shape index (κ2) is 9.19. The first-order valence-electron chi connectivity index (χ1n) is 7.15. The van der Waals surface area contributed by atoms with Crippen molar-refractivity contribution in [1.82, 2.24) is 10.2 Å². The van der Waals surface area contributed by atoms with Gasteiger partial charge >= 0.3 is 0 Å². The van der Waals surface area contributed by atoms with Crippen molar-refractivity contribution >= 4 is 29.9 Å². The van der Waals surface area contributed by atoms with Crippen molar-refractivity contribution in [1.29, 1.82) is 0 Å². The predicted octanol–water partition coefficient (Wildman–Crippen LogP) is 2.02. The number of benzene rings is 1. The Hall–Kier alpha value is -0.890. The molecule has 2 rings (SSSR count). The first-order valence-corrected chi connectivity index (χ1v) is 7.15. The number of likely N-dealkylation sites (tertiary alicyclic amines) is 1. The molecule has 118 valence electrons. The van der Waals surface area contributed by atoms with Crippen LogP contribution in [-0.4, -0.2) is 48.2 Å². The van der Waals surface area contributed by atoms with Crippen molar-refractivity contribution in [2.45, 2.75) is 25.9 Å². The maximum Gasteiger partial charge on any atom is 0.194 e. The monoisotopic (exact) mass is 407 g/mol. The summed E-state index contributed by atoms with van der Waals surface area (Å²) in [6.45, 7) is 4.89. The second-order valence-corrected chi connectivity index (χ2v) is 5.00. The number of nitrogens with zero attached hydrogens (tertiary/aromatic N) is 2. The molecule has 1 aromatic rings. The van der Waals surface area contributed by atoms with Crippen LogP contribution >= 0.6 is 24.0 Å². The molecule has 1 aliphatic rings. The first kappa shape index (κ1) is 18.2. The van der Waals surface area contributed by atoms with Gasteiger partial charge in [0, 0.05) is 26.2 Å².